The van der Waals surface area contributed by atoms with Crippen LogP contribution in [0.25, 0.3) is 0 Å². The van der Waals surface area contributed by atoms with Crippen LogP contribution in [0, 0.1) is 5.92 Å². The fraction of sp³-hybridized carbons (Fsp3) is 0.538. The average Bonchev–Trinajstić information content (AvgIpc) is 2.79. The van der Waals surface area contributed by atoms with E-state index in [0.29, 0.717) is 29.6 Å². The molecule has 3 N–H and O–H groups in total. The third-order valence-electron chi connectivity index (χ3n) is 3.07. The van der Waals surface area contributed by atoms with Gasteiger partial charge < -0.3 is 15.4 Å². The molecule has 0 aromatic carbocycles. The molecule has 1 heterocycles. The molecule has 1 unspecified atom stereocenters. The highest BCUT2D eigenvalue weighted by atomic mass is 35.5. The molecule has 1 rings (SSSR count). The molecule has 1 atom stereocenters. The molecular formula is C13H19ClN2O3. The second-order valence-electron chi connectivity index (χ2n) is 4.48. The van der Waals surface area contributed by atoms with Crippen molar-refractivity contribution in [2.45, 2.75) is 32.6 Å². The highest BCUT2D eigenvalue weighted by Gasteiger charge is 2.11. The Balaban J connectivity index is 2.28. The smallest absolute Gasteiger partial charge is 0.303 e. The molecule has 0 radical (unpaired) electrons. The van der Waals surface area contributed by atoms with E-state index in [2.05, 4.69) is 10.3 Å². The molecule has 1 aromatic rings. The zero-order chi connectivity index (χ0) is 14.3. The highest BCUT2D eigenvalue weighted by molar-refractivity contribution is 6.30. The minimum atomic E-state index is -0.775. The van der Waals surface area contributed by atoms with Crippen LogP contribution in [0.3, 0.4) is 0 Å². The lowest BCUT2D eigenvalue weighted by atomic mass is 9.96. The molecule has 0 aliphatic carbocycles. The number of carbonyl (C=O) groups is 2. The summed E-state index contributed by atoms with van der Waals surface area (Å²) in [6, 6.07) is 1.57. The summed E-state index contributed by atoms with van der Waals surface area (Å²) in [6.45, 7) is 2.56. The summed E-state index contributed by atoms with van der Waals surface area (Å²) in [4.78, 5) is 25.0. The van der Waals surface area contributed by atoms with Crippen LogP contribution in [0.2, 0.25) is 5.02 Å². The van der Waals surface area contributed by atoms with Crippen molar-refractivity contribution >= 4 is 23.5 Å². The molecule has 106 valence electrons. The maximum absolute atomic E-state index is 11.7. The number of rotatable bonds is 8. The summed E-state index contributed by atoms with van der Waals surface area (Å²) in [7, 11) is 0. The molecule has 19 heavy (non-hydrogen) atoms. The number of hydrogen-bond acceptors (Lipinski definition) is 2. The van der Waals surface area contributed by atoms with E-state index in [1.807, 2.05) is 6.92 Å². The Hall–Kier alpha value is -1.49. The third kappa shape index (κ3) is 5.79. The van der Waals surface area contributed by atoms with Gasteiger partial charge in [0.05, 0.1) is 5.02 Å². The summed E-state index contributed by atoms with van der Waals surface area (Å²) in [5, 5.41) is 11.9. The predicted octanol–water partition coefficient (Wildman–Crippen LogP) is 2.68. The van der Waals surface area contributed by atoms with Gasteiger partial charge in [-0.05, 0) is 24.8 Å². The van der Waals surface area contributed by atoms with Crippen molar-refractivity contribution in [3.63, 3.8) is 0 Å². The number of carbonyl (C=O) groups excluding carboxylic acids is 1. The number of halogens is 1. The Morgan fingerprint density at radius 2 is 2.21 bits per heavy atom. The molecule has 0 aliphatic rings. The Morgan fingerprint density at radius 1 is 1.47 bits per heavy atom. The van der Waals surface area contributed by atoms with E-state index in [-0.39, 0.29) is 12.3 Å². The van der Waals surface area contributed by atoms with Gasteiger partial charge in [-0.1, -0.05) is 24.9 Å². The summed E-state index contributed by atoms with van der Waals surface area (Å²) in [6.07, 6.45) is 4.08. The number of H-pyrrole nitrogens is 1. The van der Waals surface area contributed by atoms with Crippen molar-refractivity contribution in [3.8, 4) is 0 Å². The van der Waals surface area contributed by atoms with Gasteiger partial charge in [-0.25, -0.2) is 0 Å². The third-order valence-corrected chi connectivity index (χ3v) is 3.29. The normalized spacial score (nSPS) is 12.1. The Labute approximate surface area is 117 Å². The second-order valence-corrected chi connectivity index (χ2v) is 4.92. The van der Waals surface area contributed by atoms with E-state index in [4.69, 9.17) is 16.7 Å². The van der Waals surface area contributed by atoms with Crippen LogP contribution >= 0.6 is 11.6 Å². The number of aromatic nitrogens is 1. The molecule has 5 nitrogen and oxygen atoms in total. The first-order chi connectivity index (χ1) is 9.02. The van der Waals surface area contributed by atoms with E-state index in [1.165, 1.54) is 0 Å². The van der Waals surface area contributed by atoms with Crippen LogP contribution < -0.4 is 5.32 Å². The van der Waals surface area contributed by atoms with Gasteiger partial charge in [0, 0.05) is 19.2 Å². The molecule has 0 spiro atoms. The second kappa shape index (κ2) is 7.84. The Kier molecular flexibility index (Phi) is 6.42. The quantitative estimate of drug-likeness (QED) is 0.687. The van der Waals surface area contributed by atoms with Crippen LogP contribution in [-0.2, 0) is 4.79 Å². The molecule has 0 fully saturated rings. The fourth-order valence-corrected chi connectivity index (χ4v) is 2.03. The number of carboxylic acids is 1. The highest BCUT2D eigenvalue weighted by Crippen LogP contribution is 2.15. The first kappa shape index (κ1) is 15.6. The van der Waals surface area contributed by atoms with Crippen molar-refractivity contribution < 1.29 is 14.7 Å². The largest absolute Gasteiger partial charge is 0.481 e. The number of nitrogens with one attached hydrogen (secondary N) is 2. The van der Waals surface area contributed by atoms with Crippen molar-refractivity contribution in [1.82, 2.24) is 10.3 Å². The SMILES string of the molecule is CCC(CCNC(=O)c1cc(Cl)c[nH]1)CCC(=O)O. The average molecular weight is 287 g/mol. The van der Waals surface area contributed by atoms with Crippen LogP contribution in [0.5, 0.6) is 0 Å². The van der Waals surface area contributed by atoms with Gasteiger partial charge in [-0.3, -0.25) is 9.59 Å². The molecule has 0 bridgehead atoms. The molecule has 0 aliphatic heterocycles. The first-order valence-electron chi connectivity index (χ1n) is 6.36. The minimum Gasteiger partial charge on any atom is -0.481 e. The fourth-order valence-electron chi connectivity index (χ4n) is 1.86. The van der Waals surface area contributed by atoms with Crippen molar-refractivity contribution in [2.75, 3.05) is 6.54 Å². The number of aliphatic carboxylic acids is 1. The van der Waals surface area contributed by atoms with E-state index in [1.54, 1.807) is 12.3 Å². The van der Waals surface area contributed by atoms with E-state index in [0.717, 1.165) is 12.8 Å². The van der Waals surface area contributed by atoms with Crippen LogP contribution in [0.15, 0.2) is 12.3 Å². The molecule has 0 saturated heterocycles. The van der Waals surface area contributed by atoms with Crippen LogP contribution in [-0.4, -0.2) is 28.5 Å². The van der Waals surface area contributed by atoms with Gasteiger partial charge in [0.2, 0.25) is 0 Å². The van der Waals surface area contributed by atoms with Gasteiger partial charge in [0.15, 0.2) is 0 Å². The lowest BCUT2D eigenvalue weighted by molar-refractivity contribution is -0.137. The first-order valence-corrected chi connectivity index (χ1v) is 6.74. The summed E-state index contributed by atoms with van der Waals surface area (Å²) < 4.78 is 0. The number of amides is 1. The maximum atomic E-state index is 11.7. The lowest BCUT2D eigenvalue weighted by Gasteiger charge is -2.13. The summed E-state index contributed by atoms with van der Waals surface area (Å²) in [5.74, 6) is -0.646. The van der Waals surface area contributed by atoms with Crippen LogP contribution in [0.4, 0.5) is 0 Å². The van der Waals surface area contributed by atoms with Crippen molar-refractivity contribution in [1.29, 1.82) is 0 Å². The molecule has 0 saturated carbocycles. The molecular weight excluding hydrogens is 268 g/mol. The summed E-state index contributed by atoms with van der Waals surface area (Å²) in [5.41, 5.74) is 0.434. The summed E-state index contributed by atoms with van der Waals surface area (Å²) >= 11 is 5.72. The van der Waals surface area contributed by atoms with Crippen LogP contribution in [0.1, 0.15) is 43.1 Å². The van der Waals surface area contributed by atoms with E-state index in [9.17, 15) is 9.59 Å². The van der Waals surface area contributed by atoms with Gasteiger partial charge in [0.1, 0.15) is 5.69 Å². The Bertz CT molecular complexity index is 431. The van der Waals surface area contributed by atoms with Gasteiger partial charge >= 0.3 is 5.97 Å². The van der Waals surface area contributed by atoms with Crippen molar-refractivity contribution in [2.24, 2.45) is 5.92 Å². The van der Waals surface area contributed by atoms with E-state index < -0.39 is 5.97 Å². The zero-order valence-electron chi connectivity index (χ0n) is 10.9. The number of carboxylic acid groups (broad SMARTS) is 1. The minimum absolute atomic E-state index is 0.179. The number of aromatic amines is 1. The van der Waals surface area contributed by atoms with Gasteiger partial charge in [-0.2, -0.15) is 0 Å². The predicted molar refractivity (Wildman–Crippen MR) is 73.4 cm³/mol. The molecule has 6 heteroatoms. The lowest BCUT2D eigenvalue weighted by Crippen LogP contribution is -2.26. The molecule has 1 amide bonds. The standard InChI is InChI=1S/C13H19ClN2O3/c1-2-9(3-4-12(17)18)5-6-15-13(19)11-7-10(14)8-16-11/h7-9,16H,2-6H2,1H3,(H,15,19)(H,17,18). The van der Waals surface area contributed by atoms with Gasteiger partial charge in [0.25, 0.3) is 5.91 Å². The molecule has 1 aromatic heterocycles. The zero-order valence-corrected chi connectivity index (χ0v) is 11.7. The van der Waals surface area contributed by atoms with Gasteiger partial charge in [-0.15, -0.1) is 0 Å². The topological polar surface area (TPSA) is 82.2 Å². The maximum Gasteiger partial charge on any atom is 0.303 e. The van der Waals surface area contributed by atoms with Crippen molar-refractivity contribution in [3.05, 3.63) is 23.0 Å². The Morgan fingerprint density at radius 3 is 2.74 bits per heavy atom. The number of hydrogen-bond donors (Lipinski definition) is 3. The van der Waals surface area contributed by atoms with E-state index >= 15 is 0 Å². The monoisotopic (exact) mass is 286 g/mol.